The van der Waals surface area contributed by atoms with Crippen molar-refractivity contribution < 1.29 is 14.6 Å². The highest BCUT2D eigenvalue weighted by Gasteiger charge is 2.52. The highest BCUT2D eigenvalue weighted by Crippen LogP contribution is 2.12. The number of hydrogen-bond donors (Lipinski definition) is 3. The molecule has 9 heteroatoms. The summed E-state index contributed by atoms with van der Waals surface area (Å²) in [6.45, 7) is 0. The summed E-state index contributed by atoms with van der Waals surface area (Å²) in [7, 11) is 0. The second kappa shape index (κ2) is 2.21. The maximum Gasteiger partial charge on any atom is 0.379 e. The zero-order chi connectivity index (χ0) is 9.59. The molecule has 0 aromatic rings. The Morgan fingerprint density at radius 1 is 1.31 bits per heavy atom. The second-order valence-electron chi connectivity index (χ2n) is 2.57. The van der Waals surface area contributed by atoms with E-state index < -0.39 is 29.4 Å². The van der Waals surface area contributed by atoms with Gasteiger partial charge < -0.3 is 16.0 Å². The molecule has 2 aliphatic rings. The summed E-state index contributed by atoms with van der Waals surface area (Å²) >= 11 is 0. The molecule has 0 spiro atoms. The van der Waals surface area contributed by atoms with Crippen LogP contribution < -0.4 is 16.0 Å². The molecule has 70 valence electrons. The van der Waals surface area contributed by atoms with Gasteiger partial charge in [0.15, 0.2) is 11.2 Å². The lowest BCUT2D eigenvalue weighted by molar-refractivity contribution is -0.638. The first-order valence-electron chi connectivity index (χ1n) is 3.40. The van der Waals surface area contributed by atoms with Gasteiger partial charge in [-0.05, 0) is 5.01 Å². The summed E-state index contributed by atoms with van der Waals surface area (Å²) in [6.07, 6.45) is -1.68. The highest BCUT2D eigenvalue weighted by atomic mass is 16.7. The fraction of sp³-hybridized carbons (Fsp3) is 0.500. The molecule has 2 saturated heterocycles. The van der Waals surface area contributed by atoms with Gasteiger partial charge in [-0.1, -0.05) is 0 Å². The molecule has 0 radical (unpaired) electrons. The minimum atomic E-state index is -0.949. The Morgan fingerprint density at radius 2 is 2.00 bits per heavy atom. The van der Waals surface area contributed by atoms with Gasteiger partial charge in [-0.15, -0.1) is 0 Å². The number of carbonyl (C=O) groups excluding carboxylic acids is 2. The first-order chi connectivity index (χ1) is 6.09. The van der Waals surface area contributed by atoms with E-state index in [9.17, 15) is 19.7 Å². The minimum Gasteiger partial charge on any atom is -0.314 e. The molecule has 0 aliphatic carbocycles. The molecule has 0 aromatic heterocycles. The number of nitrogens with zero attached hydrogens (tertiary/aromatic N) is 2. The van der Waals surface area contributed by atoms with Crippen LogP contribution in [0, 0.1) is 10.1 Å². The van der Waals surface area contributed by atoms with Crippen LogP contribution in [0.2, 0.25) is 0 Å². The average molecular weight is 187 g/mol. The van der Waals surface area contributed by atoms with Crippen LogP contribution in [0.5, 0.6) is 0 Å². The largest absolute Gasteiger partial charge is 0.379 e. The zero-order valence-corrected chi connectivity index (χ0v) is 6.18. The van der Waals surface area contributed by atoms with Gasteiger partial charge in [0.05, 0.1) is 0 Å². The van der Waals surface area contributed by atoms with Crippen LogP contribution in [0.1, 0.15) is 0 Å². The van der Waals surface area contributed by atoms with Crippen molar-refractivity contribution >= 4 is 12.1 Å². The van der Waals surface area contributed by atoms with Crippen molar-refractivity contribution in [1.29, 1.82) is 0 Å². The van der Waals surface area contributed by atoms with Crippen molar-refractivity contribution in [2.75, 3.05) is 0 Å². The predicted octanol–water partition coefficient (Wildman–Crippen LogP) is -1.83. The lowest BCUT2D eigenvalue weighted by Gasteiger charge is -2.09. The molecule has 2 aliphatic heterocycles. The number of nitro groups is 1. The molecule has 4 amide bonds. The molecule has 3 N–H and O–H groups in total. The first kappa shape index (κ1) is 7.58. The molecule has 9 nitrogen and oxygen atoms in total. The standard InChI is InChI=1S/C4H5N5O4/c10-3-5-1-2(7-3)8(9(12)13)4(11)6-1/h1-2H,(H,6,11)(H2,5,7,10)/t1-,2-/m1/s1. The highest BCUT2D eigenvalue weighted by molar-refractivity contribution is 5.83. The monoisotopic (exact) mass is 187 g/mol. The summed E-state index contributed by atoms with van der Waals surface area (Å²) in [5.41, 5.74) is 0. The number of amides is 4. The fourth-order valence-electron chi connectivity index (χ4n) is 1.30. The zero-order valence-electron chi connectivity index (χ0n) is 6.18. The Bertz CT molecular complexity index is 303. The third kappa shape index (κ3) is 0.931. The molecule has 2 heterocycles. The van der Waals surface area contributed by atoms with Gasteiger partial charge in [0.2, 0.25) is 6.17 Å². The lowest BCUT2D eigenvalue weighted by atomic mass is 10.4. The van der Waals surface area contributed by atoms with Gasteiger partial charge in [0, 0.05) is 0 Å². The number of hydrazine groups is 1. The Morgan fingerprint density at radius 3 is 2.62 bits per heavy atom. The van der Waals surface area contributed by atoms with E-state index in [-0.39, 0.29) is 0 Å². The van der Waals surface area contributed by atoms with Crippen molar-refractivity contribution in [2.24, 2.45) is 0 Å². The maximum absolute atomic E-state index is 10.9. The van der Waals surface area contributed by atoms with Crippen LogP contribution in [0.15, 0.2) is 0 Å². The number of urea groups is 2. The van der Waals surface area contributed by atoms with Gasteiger partial charge >= 0.3 is 12.1 Å². The van der Waals surface area contributed by atoms with Crippen molar-refractivity contribution in [2.45, 2.75) is 12.3 Å². The smallest absolute Gasteiger partial charge is 0.314 e. The van der Waals surface area contributed by atoms with E-state index in [2.05, 4.69) is 16.0 Å². The summed E-state index contributed by atoms with van der Waals surface area (Å²) in [5.74, 6) is 0. The summed E-state index contributed by atoms with van der Waals surface area (Å²) in [5, 5.41) is 16.6. The molecule has 13 heavy (non-hydrogen) atoms. The molecule has 2 rings (SSSR count). The van der Waals surface area contributed by atoms with Crippen LogP contribution in [0.4, 0.5) is 9.59 Å². The van der Waals surface area contributed by atoms with Gasteiger partial charge in [0.1, 0.15) is 0 Å². The molecular weight excluding hydrogens is 182 g/mol. The van der Waals surface area contributed by atoms with E-state index in [4.69, 9.17) is 0 Å². The van der Waals surface area contributed by atoms with Crippen molar-refractivity contribution in [3.63, 3.8) is 0 Å². The molecule has 0 unspecified atom stereocenters. The number of nitrogens with one attached hydrogen (secondary N) is 3. The molecule has 2 atom stereocenters. The van der Waals surface area contributed by atoms with Crippen LogP contribution in [0.3, 0.4) is 0 Å². The first-order valence-corrected chi connectivity index (χ1v) is 3.40. The third-order valence-electron chi connectivity index (χ3n) is 1.81. The fourth-order valence-corrected chi connectivity index (χ4v) is 1.30. The Balaban J connectivity index is 2.24. The molecule has 2 fully saturated rings. The Labute approximate surface area is 71.2 Å². The number of hydrogen-bond acceptors (Lipinski definition) is 4. The SMILES string of the molecule is O=C1N[C@@H]2NC(=O)N([N+](=O)[O-])[C@H]2N1. The van der Waals surface area contributed by atoms with Crippen molar-refractivity contribution in [1.82, 2.24) is 21.0 Å². The average Bonchev–Trinajstić information content (AvgIpc) is 2.41. The third-order valence-corrected chi connectivity index (χ3v) is 1.81. The molecular formula is C4H5N5O4. The van der Waals surface area contributed by atoms with E-state index in [1.807, 2.05) is 0 Å². The van der Waals surface area contributed by atoms with E-state index in [1.54, 1.807) is 0 Å². The Kier molecular flexibility index (Phi) is 1.29. The van der Waals surface area contributed by atoms with Crippen LogP contribution >= 0.6 is 0 Å². The molecule has 0 aromatic carbocycles. The topological polar surface area (TPSA) is 117 Å². The quantitative estimate of drug-likeness (QED) is 0.330. The van der Waals surface area contributed by atoms with Crippen molar-refractivity contribution in [3.05, 3.63) is 10.1 Å². The van der Waals surface area contributed by atoms with Gasteiger partial charge in [-0.3, -0.25) is 0 Å². The molecule has 0 bridgehead atoms. The van der Waals surface area contributed by atoms with E-state index in [1.165, 1.54) is 0 Å². The summed E-state index contributed by atoms with van der Waals surface area (Å²) < 4.78 is 0. The van der Waals surface area contributed by atoms with Crippen molar-refractivity contribution in [3.8, 4) is 0 Å². The minimum absolute atomic E-state index is 0.336. The van der Waals surface area contributed by atoms with Crippen LogP contribution in [-0.4, -0.2) is 34.4 Å². The van der Waals surface area contributed by atoms with Gasteiger partial charge in [0.25, 0.3) is 0 Å². The van der Waals surface area contributed by atoms with E-state index in [0.29, 0.717) is 5.01 Å². The van der Waals surface area contributed by atoms with Crippen LogP contribution in [-0.2, 0) is 0 Å². The number of fused-ring (bicyclic) bond motifs is 1. The summed E-state index contributed by atoms with van der Waals surface area (Å²) in [6, 6.07) is -1.38. The number of rotatable bonds is 1. The van der Waals surface area contributed by atoms with Crippen LogP contribution in [0.25, 0.3) is 0 Å². The van der Waals surface area contributed by atoms with E-state index in [0.717, 1.165) is 0 Å². The second-order valence-corrected chi connectivity index (χ2v) is 2.57. The van der Waals surface area contributed by atoms with Gasteiger partial charge in [-0.25, -0.2) is 19.7 Å². The maximum atomic E-state index is 10.9. The number of carbonyl (C=O) groups is 2. The summed E-state index contributed by atoms with van der Waals surface area (Å²) in [4.78, 5) is 32.0. The lowest BCUT2D eigenvalue weighted by Crippen LogP contribution is -2.46. The van der Waals surface area contributed by atoms with E-state index >= 15 is 0 Å². The molecule has 0 saturated carbocycles. The predicted molar refractivity (Wildman–Crippen MR) is 36.6 cm³/mol. The normalized spacial score (nSPS) is 30.6. The van der Waals surface area contributed by atoms with Gasteiger partial charge in [-0.2, -0.15) is 0 Å². The Hall–Kier alpha value is -2.06.